The molecule has 1 aromatic heterocycles. The van der Waals surface area contributed by atoms with Crippen LogP contribution in [0.5, 0.6) is 0 Å². The molecule has 20 heavy (non-hydrogen) atoms. The summed E-state index contributed by atoms with van der Waals surface area (Å²) in [6.45, 7) is 8.57. The maximum atomic E-state index is 5.49. The van der Waals surface area contributed by atoms with Gasteiger partial charge in [-0.2, -0.15) is 0 Å². The molecule has 2 aromatic rings. The number of nitrogens with zero attached hydrogens (tertiary/aromatic N) is 2. The Hall–Kier alpha value is -1.94. The average Bonchev–Trinajstić information content (AvgIpc) is 2.46. The van der Waals surface area contributed by atoms with Gasteiger partial charge in [0.2, 0.25) is 0 Å². The fourth-order valence-electron chi connectivity index (χ4n) is 1.98. The Kier molecular flexibility index (Phi) is 4.35. The van der Waals surface area contributed by atoms with Gasteiger partial charge in [-0.1, -0.05) is 52.0 Å². The largest absolute Gasteiger partial charge is 0.308 e. The van der Waals surface area contributed by atoms with Crippen molar-refractivity contribution in [1.82, 2.24) is 9.97 Å². The fraction of sp³-hybridized carbons (Fsp3) is 0.375. The summed E-state index contributed by atoms with van der Waals surface area (Å²) in [6.07, 6.45) is 0. The van der Waals surface area contributed by atoms with Crippen LogP contribution in [-0.2, 0) is 0 Å². The van der Waals surface area contributed by atoms with Gasteiger partial charge in [0.25, 0.3) is 0 Å². The molecule has 0 saturated carbocycles. The van der Waals surface area contributed by atoms with Crippen LogP contribution in [-0.4, -0.2) is 9.97 Å². The lowest BCUT2D eigenvalue weighted by Gasteiger charge is -2.11. The van der Waals surface area contributed by atoms with E-state index in [0.717, 1.165) is 11.3 Å². The van der Waals surface area contributed by atoms with Gasteiger partial charge in [-0.25, -0.2) is 15.8 Å². The Labute approximate surface area is 120 Å². The summed E-state index contributed by atoms with van der Waals surface area (Å²) in [5.74, 6) is 7.70. The van der Waals surface area contributed by atoms with Crippen LogP contribution in [0.25, 0.3) is 11.4 Å². The molecule has 0 saturated heterocycles. The van der Waals surface area contributed by atoms with Gasteiger partial charge < -0.3 is 5.43 Å². The number of aromatic nitrogens is 2. The molecule has 0 amide bonds. The normalized spacial score (nSPS) is 11.2. The van der Waals surface area contributed by atoms with Crippen LogP contribution >= 0.6 is 0 Å². The molecule has 3 N–H and O–H groups in total. The number of anilines is 1. The Morgan fingerprint density at radius 3 is 2.10 bits per heavy atom. The highest BCUT2D eigenvalue weighted by atomic mass is 15.3. The van der Waals surface area contributed by atoms with Gasteiger partial charge in [-0.05, 0) is 17.4 Å². The molecule has 0 atom stereocenters. The predicted octanol–water partition coefficient (Wildman–Crippen LogP) is 3.68. The van der Waals surface area contributed by atoms with Crippen LogP contribution < -0.4 is 11.3 Å². The van der Waals surface area contributed by atoms with Crippen molar-refractivity contribution in [2.75, 3.05) is 5.43 Å². The Morgan fingerprint density at radius 1 is 0.950 bits per heavy atom. The lowest BCUT2D eigenvalue weighted by atomic mass is 10.0. The van der Waals surface area contributed by atoms with E-state index >= 15 is 0 Å². The minimum Gasteiger partial charge on any atom is -0.308 e. The summed E-state index contributed by atoms with van der Waals surface area (Å²) in [6, 6.07) is 10.3. The van der Waals surface area contributed by atoms with Crippen LogP contribution in [0.1, 0.15) is 50.8 Å². The smallest absolute Gasteiger partial charge is 0.161 e. The van der Waals surface area contributed by atoms with Gasteiger partial charge in [0.05, 0.1) is 0 Å². The topological polar surface area (TPSA) is 63.8 Å². The molecule has 2 rings (SSSR count). The maximum absolute atomic E-state index is 5.49. The number of nitrogens with one attached hydrogen (secondary N) is 1. The zero-order chi connectivity index (χ0) is 14.7. The van der Waals surface area contributed by atoms with E-state index in [1.807, 2.05) is 6.07 Å². The molecule has 0 unspecified atom stereocenters. The molecular formula is C16H22N4. The Balaban J connectivity index is 2.43. The molecule has 0 bridgehead atoms. The molecule has 0 radical (unpaired) electrons. The number of hydrogen-bond donors (Lipinski definition) is 2. The van der Waals surface area contributed by atoms with E-state index in [9.17, 15) is 0 Å². The molecule has 106 valence electrons. The first-order valence-electron chi connectivity index (χ1n) is 6.97. The van der Waals surface area contributed by atoms with Crippen molar-refractivity contribution in [3.63, 3.8) is 0 Å². The quantitative estimate of drug-likeness (QED) is 0.657. The third-order valence-electron chi connectivity index (χ3n) is 3.32. The van der Waals surface area contributed by atoms with Crippen LogP contribution in [0, 0.1) is 0 Å². The first-order chi connectivity index (χ1) is 9.51. The summed E-state index contributed by atoms with van der Waals surface area (Å²) in [5.41, 5.74) is 5.91. The second-order valence-electron chi connectivity index (χ2n) is 5.58. The second kappa shape index (κ2) is 6.01. The SMILES string of the molecule is CC(C)c1ccc(-c2nc(NN)cc(C(C)C)n2)cc1. The van der Waals surface area contributed by atoms with Crippen molar-refractivity contribution in [3.05, 3.63) is 41.6 Å². The molecule has 0 aliphatic carbocycles. The van der Waals surface area contributed by atoms with Crippen molar-refractivity contribution < 1.29 is 0 Å². The maximum Gasteiger partial charge on any atom is 0.161 e. The van der Waals surface area contributed by atoms with Gasteiger partial charge in [0, 0.05) is 17.3 Å². The first kappa shape index (κ1) is 14.5. The minimum atomic E-state index is 0.332. The monoisotopic (exact) mass is 270 g/mol. The Bertz CT molecular complexity index is 574. The molecule has 0 spiro atoms. The van der Waals surface area contributed by atoms with Gasteiger partial charge in [-0.15, -0.1) is 0 Å². The Morgan fingerprint density at radius 2 is 1.60 bits per heavy atom. The number of hydrogen-bond acceptors (Lipinski definition) is 4. The molecule has 0 aliphatic rings. The number of hydrazine groups is 1. The molecule has 4 heteroatoms. The highest BCUT2D eigenvalue weighted by Crippen LogP contribution is 2.23. The highest BCUT2D eigenvalue weighted by molar-refractivity contribution is 5.58. The molecule has 1 aromatic carbocycles. The van der Waals surface area contributed by atoms with Gasteiger partial charge in [0.1, 0.15) is 5.82 Å². The zero-order valence-corrected chi connectivity index (χ0v) is 12.5. The van der Waals surface area contributed by atoms with E-state index in [0.29, 0.717) is 23.5 Å². The van der Waals surface area contributed by atoms with Crippen molar-refractivity contribution in [1.29, 1.82) is 0 Å². The summed E-state index contributed by atoms with van der Waals surface area (Å²) in [4.78, 5) is 9.05. The van der Waals surface area contributed by atoms with Crippen molar-refractivity contribution in [2.24, 2.45) is 5.84 Å². The van der Waals surface area contributed by atoms with Crippen LogP contribution in [0.3, 0.4) is 0 Å². The first-order valence-corrected chi connectivity index (χ1v) is 6.97. The predicted molar refractivity (Wildman–Crippen MR) is 83.5 cm³/mol. The van der Waals surface area contributed by atoms with E-state index in [4.69, 9.17) is 5.84 Å². The average molecular weight is 270 g/mol. The molecule has 4 nitrogen and oxygen atoms in total. The third kappa shape index (κ3) is 3.14. The van der Waals surface area contributed by atoms with Crippen molar-refractivity contribution in [3.8, 4) is 11.4 Å². The van der Waals surface area contributed by atoms with E-state index in [1.54, 1.807) is 0 Å². The molecule has 0 fully saturated rings. The van der Waals surface area contributed by atoms with Gasteiger partial charge in [-0.3, -0.25) is 0 Å². The van der Waals surface area contributed by atoms with Crippen LogP contribution in [0.15, 0.2) is 30.3 Å². The highest BCUT2D eigenvalue weighted by Gasteiger charge is 2.09. The molecular weight excluding hydrogens is 248 g/mol. The third-order valence-corrected chi connectivity index (χ3v) is 3.32. The zero-order valence-electron chi connectivity index (χ0n) is 12.5. The van der Waals surface area contributed by atoms with Crippen molar-refractivity contribution >= 4 is 5.82 Å². The number of nitrogen functional groups attached to an aromatic ring is 1. The summed E-state index contributed by atoms with van der Waals surface area (Å²) < 4.78 is 0. The van der Waals surface area contributed by atoms with Gasteiger partial charge >= 0.3 is 0 Å². The van der Waals surface area contributed by atoms with E-state index in [2.05, 4.69) is 67.4 Å². The lowest BCUT2D eigenvalue weighted by molar-refractivity contribution is 0.817. The minimum absolute atomic E-state index is 0.332. The fourth-order valence-corrected chi connectivity index (χ4v) is 1.98. The summed E-state index contributed by atoms with van der Waals surface area (Å²) in [7, 11) is 0. The second-order valence-corrected chi connectivity index (χ2v) is 5.58. The standard InChI is InChI=1S/C16H22N4/c1-10(2)12-5-7-13(8-6-12)16-18-14(11(3)4)9-15(19-16)20-17/h5-11H,17H2,1-4H3,(H,18,19,20). The van der Waals surface area contributed by atoms with E-state index in [-0.39, 0.29) is 0 Å². The lowest BCUT2D eigenvalue weighted by Crippen LogP contribution is -2.11. The van der Waals surface area contributed by atoms with Crippen molar-refractivity contribution in [2.45, 2.75) is 39.5 Å². The van der Waals surface area contributed by atoms with Gasteiger partial charge in [0.15, 0.2) is 5.82 Å². The molecule has 1 heterocycles. The van der Waals surface area contributed by atoms with Crippen LogP contribution in [0.2, 0.25) is 0 Å². The number of nitrogens with two attached hydrogens (primary N) is 1. The number of benzene rings is 1. The van der Waals surface area contributed by atoms with E-state index < -0.39 is 0 Å². The summed E-state index contributed by atoms with van der Waals surface area (Å²) >= 11 is 0. The van der Waals surface area contributed by atoms with E-state index in [1.165, 1.54) is 5.56 Å². The number of rotatable bonds is 4. The molecule has 0 aliphatic heterocycles. The van der Waals surface area contributed by atoms with Crippen LogP contribution in [0.4, 0.5) is 5.82 Å². The summed E-state index contributed by atoms with van der Waals surface area (Å²) in [5, 5.41) is 0.